The quantitative estimate of drug-likeness (QED) is 0.840. The molecule has 0 aliphatic carbocycles. The van der Waals surface area contributed by atoms with E-state index in [1.165, 1.54) is 0 Å². The Hall–Kier alpha value is -3.00. The van der Waals surface area contributed by atoms with Gasteiger partial charge in [-0.2, -0.15) is 5.26 Å². The van der Waals surface area contributed by atoms with Crippen molar-refractivity contribution in [1.82, 2.24) is 4.90 Å². The molecule has 1 saturated heterocycles. The van der Waals surface area contributed by atoms with Crippen LogP contribution in [-0.2, 0) is 4.79 Å². The van der Waals surface area contributed by atoms with Gasteiger partial charge in [-0.25, -0.2) is 0 Å². The fraction of sp³-hybridized carbons (Fsp3) is 0.300. The van der Waals surface area contributed by atoms with Crippen LogP contribution < -0.4 is 9.47 Å². The van der Waals surface area contributed by atoms with Crippen LogP contribution >= 0.6 is 0 Å². The van der Waals surface area contributed by atoms with E-state index >= 15 is 0 Å². The fourth-order valence-electron chi connectivity index (χ4n) is 3.12. The molecule has 1 unspecified atom stereocenters. The van der Waals surface area contributed by atoms with E-state index in [0.717, 1.165) is 30.7 Å². The molecule has 25 heavy (non-hydrogen) atoms. The van der Waals surface area contributed by atoms with Crippen LogP contribution in [0, 0.1) is 11.3 Å². The van der Waals surface area contributed by atoms with E-state index in [-0.39, 0.29) is 18.6 Å². The molecule has 1 aliphatic rings. The minimum Gasteiger partial charge on any atom is -0.497 e. The highest BCUT2D eigenvalue weighted by molar-refractivity contribution is 5.78. The first-order chi connectivity index (χ1) is 12.2. The van der Waals surface area contributed by atoms with Crippen LogP contribution in [0.25, 0.3) is 0 Å². The van der Waals surface area contributed by atoms with Crippen molar-refractivity contribution in [3.05, 3.63) is 59.7 Å². The largest absolute Gasteiger partial charge is 0.497 e. The maximum absolute atomic E-state index is 12.6. The zero-order chi connectivity index (χ0) is 17.6. The Morgan fingerprint density at radius 3 is 2.76 bits per heavy atom. The Labute approximate surface area is 147 Å². The lowest BCUT2D eigenvalue weighted by molar-refractivity contribution is -0.134. The van der Waals surface area contributed by atoms with Gasteiger partial charge in [0.25, 0.3) is 5.91 Å². The van der Waals surface area contributed by atoms with Gasteiger partial charge in [-0.05, 0) is 48.7 Å². The number of methoxy groups -OCH3 is 1. The number of amides is 1. The molecule has 5 heteroatoms. The summed E-state index contributed by atoms with van der Waals surface area (Å²) in [7, 11) is 1.64. The van der Waals surface area contributed by atoms with Crippen LogP contribution in [0.2, 0.25) is 0 Å². The number of benzene rings is 2. The van der Waals surface area contributed by atoms with Crippen LogP contribution in [0.3, 0.4) is 0 Å². The number of hydrogen-bond acceptors (Lipinski definition) is 4. The summed E-state index contributed by atoms with van der Waals surface area (Å²) in [5.74, 6) is 1.30. The van der Waals surface area contributed by atoms with Crippen molar-refractivity contribution in [2.24, 2.45) is 0 Å². The molecule has 1 fully saturated rings. The molecule has 1 amide bonds. The zero-order valence-electron chi connectivity index (χ0n) is 14.1. The average Bonchev–Trinajstić information content (AvgIpc) is 3.16. The van der Waals surface area contributed by atoms with Crippen molar-refractivity contribution in [2.75, 3.05) is 20.3 Å². The van der Waals surface area contributed by atoms with Crippen molar-refractivity contribution in [3.63, 3.8) is 0 Å². The Morgan fingerprint density at radius 2 is 2.04 bits per heavy atom. The van der Waals surface area contributed by atoms with Crippen LogP contribution in [-0.4, -0.2) is 31.1 Å². The SMILES string of the molecule is COc1ccc(C2CCCN2C(=O)COc2cccc(C#N)c2)cc1. The summed E-state index contributed by atoms with van der Waals surface area (Å²) in [6, 6.07) is 16.8. The van der Waals surface area contributed by atoms with Gasteiger partial charge < -0.3 is 14.4 Å². The standard InChI is InChI=1S/C20H20N2O3/c1-24-17-9-7-16(8-10-17)19-6-3-11-22(19)20(23)14-25-18-5-2-4-15(12-18)13-21/h2,4-5,7-10,12,19H,3,6,11,14H2,1H3. The molecule has 0 radical (unpaired) electrons. The summed E-state index contributed by atoms with van der Waals surface area (Å²) in [4.78, 5) is 14.5. The highest BCUT2D eigenvalue weighted by atomic mass is 16.5. The predicted molar refractivity (Wildman–Crippen MR) is 93.3 cm³/mol. The van der Waals surface area contributed by atoms with Crippen LogP contribution in [0.5, 0.6) is 11.5 Å². The van der Waals surface area contributed by atoms with Crippen molar-refractivity contribution in [1.29, 1.82) is 5.26 Å². The summed E-state index contributed by atoms with van der Waals surface area (Å²) in [6.07, 6.45) is 1.92. The van der Waals surface area contributed by atoms with Gasteiger partial charge in [0.1, 0.15) is 11.5 Å². The van der Waals surface area contributed by atoms with Gasteiger partial charge in [0.15, 0.2) is 6.61 Å². The summed E-state index contributed by atoms with van der Waals surface area (Å²) in [5, 5.41) is 8.92. The maximum atomic E-state index is 12.6. The van der Waals surface area contributed by atoms with E-state index in [2.05, 4.69) is 6.07 Å². The molecule has 128 valence electrons. The molecule has 0 saturated carbocycles. The van der Waals surface area contributed by atoms with E-state index in [0.29, 0.717) is 11.3 Å². The summed E-state index contributed by atoms with van der Waals surface area (Å²) >= 11 is 0. The second kappa shape index (κ2) is 7.71. The molecule has 0 spiro atoms. The Bertz CT molecular complexity index is 780. The zero-order valence-corrected chi connectivity index (χ0v) is 14.1. The van der Waals surface area contributed by atoms with Crippen LogP contribution in [0.15, 0.2) is 48.5 Å². The normalized spacial score (nSPS) is 16.3. The molecule has 1 heterocycles. The Balaban J connectivity index is 1.65. The van der Waals surface area contributed by atoms with Crippen LogP contribution in [0.1, 0.15) is 30.0 Å². The molecule has 2 aromatic rings. The monoisotopic (exact) mass is 336 g/mol. The predicted octanol–water partition coefficient (Wildman–Crippen LogP) is 3.31. The van der Waals surface area contributed by atoms with Gasteiger partial charge in [-0.1, -0.05) is 18.2 Å². The molecule has 1 atom stereocenters. The molecule has 2 aromatic carbocycles. The number of nitrogens with zero attached hydrogens (tertiary/aromatic N) is 2. The number of rotatable bonds is 5. The van der Waals surface area contributed by atoms with Crippen molar-refractivity contribution >= 4 is 5.91 Å². The first-order valence-electron chi connectivity index (χ1n) is 8.27. The molecular formula is C20H20N2O3. The third-order valence-corrected chi connectivity index (χ3v) is 4.40. The van der Waals surface area contributed by atoms with Gasteiger partial charge in [0.2, 0.25) is 0 Å². The van der Waals surface area contributed by atoms with Crippen LogP contribution in [0.4, 0.5) is 0 Å². The highest BCUT2D eigenvalue weighted by Gasteiger charge is 2.30. The molecule has 5 nitrogen and oxygen atoms in total. The van der Waals surface area contributed by atoms with Gasteiger partial charge in [-0.15, -0.1) is 0 Å². The molecule has 1 aliphatic heterocycles. The number of carbonyl (C=O) groups excluding carboxylic acids is 1. The maximum Gasteiger partial charge on any atom is 0.261 e. The van der Waals surface area contributed by atoms with E-state index in [1.54, 1.807) is 31.4 Å². The minimum absolute atomic E-state index is 0.0263. The third-order valence-electron chi connectivity index (χ3n) is 4.40. The number of hydrogen-bond donors (Lipinski definition) is 0. The van der Waals surface area contributed by atoms with Gasteiger partial charge in [-0.3, -0.25) is 4.79 Å². The summed E-state index contributed by atoms with van der Waals surface area (Å²) in [5.41, 5.74) is 1.63. The molecular weight excluding hydrogens is 316 g/mol. The Morgan fingerprint density at radius 1 is 1.24 bits per heavy atom. The van der Waals surface area contributed by atoms with E-state index in [9.17, 15) is 4.79 Å². The van der Waals surface area contributed by atoms with Crippen molar-refractivity contribution in [3.8, 4) is 17.6 Å². The fourth-order valence-corrected chi connectivity index (χ4v) is 3.12. The first-order valence-corrected chi connectivity index (χ1v) is 8.27. The topological polar surface area (TPSA) is 62.6 Å². The minimum atomic E-state index is -0.0410. The summed E-state index contributed by atoms with van der Waals surface area (Å²) in [6.45, 7) is 0.707. The average molecular weight is 336 g/mol. The second-order valence-electron chi connectivity index (χ2n) is 5.95. The van der Waals surface area contributed by atoms with Gasteiger partial charge >= 0.3 is 0 Å². The number of carbonyl (C=O) groups is 1. The lowest BCUT2D eigenvalue weighted by Crippen LogP contribution is -2.34. The molecule has 0 N–H and O–H groups in total. The molecule has 3 rings (SSSR count). The number of ether oxygens (including phenoxy) is 2. The number of likely N-dealkylation sites (tertiary alicyclic amines) is 1. The van der Waals surface area contributed by atoms with Crippen molar-refractivity contribution in [2.45, 2.75) is 18.9 Å². The van der Waals surface area contributed by atoms with E-state index in [4.69, 9.17) is 14.7 Å². The first kappa shape index (κ1) is 16.8. The second-order valence-corrected chi connectivity index (χ2v) is 5.95. The third kappa shape index (κ3) is 3.92. The van der Waals surface area contributed by atoms with Crippen molar-refractivity contribution < 1.29 is 14.3 Å². The Kier molecular flexibility index (Phi) is 5.20. The van der Waals surface area contributed by atoms with Gasteiger partial charge in [0.05, 0.1) is 24.8 Å². The molecule has 0 aromatic heterocycles. The number of nitriles is 1. The molecule has 0 bridgehead atoms. The highest BCUT2D eigenvalue weighted by Crippen LogP contribution is 2.32. The lowest BCUT2D eigenvalue weighted by atomic mass is 10.0. The smallest absolute Gasteiger partial charge is 0.261 e. The van der Waals surface area contributed by atoms with E-state index in [1.807, 2.05) is 29.2 Å². The summed E-state index contributed by atoms with van der Waals surface area (Å²) < 4.78 is 10.8. The lowest BCUT2D eigenvalue weighted by Gasteiger charge is -2.25. The van der Waals surface area contributed by atoms with Gasteiger partial charge in [0, 0.05) is 6.54 Å². The van der Waals surface area contributed by atoms with E-state index < -0.39 is 0 Å².